The van der Waals surface area contributed by atoms with E-state index < -0.39 is 0 Å². The van der Waals surface area contributed by atoms with Crippen LogP contribution in [0.5, 0.6) is 5.75 Å². The number of hydrogen-bond donors (Lipinski definition) is 1. The van der Waals surface area contributed by atoms with Gasteiger partial charge < -0.3 is 10.1 Å². The monoisotopic (exact) mass is 494 g/mol. The van der Waals surface area contributed by atoms with Crippen molar-refractivity contribution in [1.29, 1.82) is 0 Å². The second-order valence-electron chi connectivity index (χ2n) is 7.43. The minimum atomic E-state index is -0.125. The van der Waals surface area contributed by atoms with Crippen molar-refractivity contribution in [3.63, 3.8) is 0 Å². The first-order chi connectivity index (χ1) is 16.7. The molecule has 10 heteroatoms. The van der Waals surface area contributed by atoms with Crippen LogP contribution in [0.25, 0.3) is 17.1 Å². The van der Waals surface area contributed by atoms with Gasteiger partial charge in [-0.15, -0.1) is 21.5 Å². The molecular weight excluding hydrogens is 468 g/mol. The first kappa shape index (κ1) is 23.9. The molecule has 0 radical (unpaired) electrons. The third kappa shape index (κ3) is 5.63. The van der Waals surface area contributed by atoms with E-state index in [9.17, 15) is 4.79 Å². The summed E-state index contributed by atoms with van der Waals surface area (Å²) in [6, 6.07) is 11.6. The van der Waals surface area contributed by atoms with E-state index in [1.54, 1.807) is 24.9 Å². The van der Waals surface area contributed by atoms with Crippen molar-refractivity contribution in [3.05, 3.63) is 64.9 Å². The van der Waals surface area contributed by atoms with Gasteiger partial charge >= 0.3 is 0 Å². The summed E-state index contributed by atoms with van der Waals surface area (Å²) in [7, 11) is 1.64. The van der Waals surface area contributed by atoms with Crippen LogP contribution in [-0.4, -0.2) is 44.3 Å². The van der Waals surface area contributed by atoms with Crippen LogP contribution in [0.2, 0.25) is 0 Å². The number of amides is 1. The SMILES string of the molecule is CCCCCNC(=O)c1csc(CSc2nnc(-c3cccnc3)n2-c2ccccc2OC)n1. The van der Waals surface area contributed by atoms with Gasteiger partial charge in [0.1, 0.15) is 16.5 Å². The first-order valence-electron chi connectivity index (χ1n) is 11.1. The molecule has 0 aliphatic rings. The Labute approximate surface area is 206 Å². The fourth-order valence-electron chi connectivity index (χ4n) is 3.35. The number of nitrogens with zero attached hydrogens (tertiary/aromatic N) is 5. The second-order valence-corrected chi connectivity index (χ2v) is 9.32. The topological polar surface area (TPSA) is 94.8 Å². The van der Waals surface area contributed by atoms with E-state index in [-0.39, 0.29) is 5.91 Å². The van der Waals surface area contributed by atoms with E-state index in [1.165, 1.54) is 23.1 Å². The number of carbonyl (C=O) groups is 1. The Balaban J connectivity index is 1.55. The van der Waals surface area contributed by atoms with E-state index in [4.69, 9.17) is 4.74 Å². The molecule has 0 fully saturated rings. The highest BCUT2D eigenvalue weighted by atomic mass is 32.2. The molecule has 176 valence electrons. The van der Waals surface area contributed by atoms with Gasteiger partial charge in [-0.25, -0.2) is 4.98 Å². The van der Waals surface area contributed by atoms with Crippen molar-refractivity contribution in [2.24, 2.45) is 0 Å². The number of ether oxygens (including phenoxy) is 1. The predicted octanol–water partition coefficient (Wildman–Crippen LogP) is 5.01. The molecule has 3 aromatic heterocycles. The molecule has 0 bridgehead atoms. The summed E-state index contributed by atoms with van der Waals surface area (Å²) in [5.41, 5.74) is 2.14. The van der Waals surface area contributed by atoms with Crippen molar-refractivity contribution < 1.29 is 9.53 Å². The zero-order valence-electron chi connectivity index (χ0n) is 19.1. The third-order valence-electron chi connectivity index (χ3n) is 5.05. The van der Waals surface area contributed by atoms with Crippen molar-refractivity contribution in [2.45, 2.75) is 37.1 Å². The Hall–Kier alpha value is -3.24. The first-order valence-corrected chi connectivity index (χ1v) is 12.9. The van der Waals surface area contributed by atoms with Gasteiger partial charge in [-0.3, -0.25) is 14.3 Å². The maximum absolute atomic E-state index is 12.3. The lowest BCUT2D eigenvalue weighted by atomic mass is 10.2. The number of para-hydroxylation sites is 2. The number of benzene rings is 1. The zero-order chi connectivity index (χ0) is 23.8. The number of thioether (sulfide) groups is 1. The highest BCUT2D eigenvalue weighted by molar-refractivity contribution is 7.98. The van der Waals surface area contributed by atoms with Crippen LogP contribution >= 0.6 is 23.1 Å². The lowest BCUT2D eigenvalue weighted by Gasteiger charge is -2.13. The molecule has 0 aliphatic carbocycles. The maximum atomic E-state index is 12.3. The van der Waals surface area contributed by atoms with Crippen molar-refractivity contribution >= 4 is 29.0 Å². The Kier molecular flexibility index (Phi) is 8.26. The van der Waals surface area contributed by atoms with Crippen molar-refractivity contribution in [3.8, 4) is 22.8 Å². The Morgan fingerprint density at radius 3 is 2.85 bits per heavy atom. The summed E-state index contributed by atoms with van der Waals surface area (Å²) in [5, 5.41) is 15.2. The molecule has 0 atom stereocenters. The van der Waals surface area contributed by atoms with Gasteiger partial charge in [-0.1, -0.05) is 43.7 Å². The number of rotatable bonds is 11. The molecule has 1 N–H and O–H groups in total. The molecule has 0 spiro atoms. The molecule has 4 rings (SSSR count). The highest BCUT2D eigenvalue weighted by Crippen LogP contribution is 2.33. The van der Waals surface area contributed by atoms with Crippen molar-refractivity contribution in [2.75, 3.05) is 13.7 Å². The smallest absolute Gasteiger partial charge is 0.270 e. The summed E-state index contributed by atoms with van der Waals surface area (Å²) >= 11 is 2.98. The molecule has 4 aromatic rings. The van der Waals surface area contributed by atoms with E-state index in [0.717, 1.165) is 35.5 Å². The number of methoxy groups -OCH3 is 1. The van der Waals surface area contributed by atoms with E-state index in [0.29, 0.717) is 34.7 Å². The fraction of sp³-hybridized carbons (Fsp3) is 0.292. The van der Waals surface area contributed by atoms with Gasteiger partial charge in [0.25, 0.3) is 5.91 Å². The molecule has 0 unspecified atom stereocenters. The van der Waals surface area contributed by atoms with E-state index >= 15 is 0 Å². The summed E-state index contributed by atoms with van der Waals surface area (Å²) in [4.78, 5) is 21.1. The van der Waals surface area contributed by atoms with E-state index in [2.05, 4.69) is 32.4 Å². The fourth-order valence-corrected chi connectivity index (χ4v) is 5.09. The van der Waals surface area contributed by atoms with Gasteiger partial charge in [-0.2, -0.15) is 0 Å². The van der Waals surface area contributed by atoms with Gasteiger partial charge in [0, 0.05) is 29.9 Å². The van der Waals surface area contributed by atoms with Crippen LogP contribution in [0.1, 0.15) is 41.7 Å². The summed E-state index contributed by atoms with van der Waals surface area (Å²) in [6.07, 6.45) is 6.69. The molecule has 0 saturated carbocycles. The summed E-state index contributed by atoms with van der Waals surface area (Å²) < 4.78 is 7.57. The van der Waals surface area contributed by atoms with Gasteiger partial charge in [-0.05, 0) is 30.7 Å². The van der Waals surface area contributed by atoms with Crippen LogP contribution in [0, 0.1) is 0 Å². The van der Waals surface area contributed by atoms with Gasteiger partial charge in [0.15, 0.2) is 11.0 Å². The van der Waals surface area contributed by atoms with Gasteiger partial charge in [0.05, 0.1) is 18.6 Å². The van der Waals surface area contributed by atoms with Crippen LogP contribution in [0.15, 0.2) is 59.3 Å². The molecule has 1 aromatic carbocycles. The Morgan fingerprint density at radius 2 is 2.06 bits per heavy atom. The van der Waals surface area contributed by atoms with Crippen LogP contribution in [-0.2, 0) is 5.75 Å². The minimum absolute atomic E-state index is 0.125. The molecule has 0 saturated heterocycles. The molecule has 34 heavy (non-hydrogen) atoms. The molecular formula is C24H26N6O2S2. The largest absolute Gasteiger partial charge is 0.495 e. The number of unbranched alkanes of at least 4 members (excludes halogenated alkanes) is 2. The second kappa shape index (κ2) is 11.8. The highest BCUT2D eigenvalue weighted by Gasteiger charge is 2.20. The third-order valence-corrected chi connectivity index (χ3v) is 7.03. The number of thiazole rings is 1. The van der Waals surface area contributed by atoms with Crippen LogP contribution in [0.3, 0.4) is 0 Å². The Morgan fingerprint density at radius 1 is 1.18 bits per heavy atom. The lowest BCUT2D eigenvalue weighted by molar-refractivity contribution is 0.0948. The molecule has 8 nitrogen and oxygen atoms in total. The maximum Gasteiger partial charge on any atom is 0.270 e. The van der Waals surface area contributed by atoms with Crippen LogP contribution in [0.4, 0.5) is 0 Å². The van der Waals surface area contributed by atoms with Gasteiger partial charge in [0.2, 0.25) is 0 Å². The molecule has 3 heterocycles. The number of carbonyl (C=O) groups excluding carboxylic acids is 1. The average molecular weight is 495 g/mol. The van der Waals surface area contributed by atoms with E-state index in [1.807, 2.05) is 41.0 Å². The molecule has 1 amide bonds. The number of hydrogen-bond acceptors (Lipinski definition) is 8. The quantitative estimate of drug-likeness (QED) is 0.231. The zero-order valence-corrected chi connectivity index (χ0v) is 20.7. The normalized spacial score (nSPS) is 10.9. The number of nitrogens with one attached hydrogen (secondary N) is 1. The minimum Gasteiger partial charge on any atom is -0.495 e. The predicted molar refractivity (Wildman–Crippen MR) is 135 cm³/mol. The lowest BCUT2D eigenvalue weighted by Crippen LogP contribution is -2.24. The standard InChI is InChI=1S/C24H26N6O2S2/c1-3-4-7-13-26-23(31)18-15-33-21(27-18)16-34-24-29-28-22(17-9-8-12-25-14-17)30(24)19-10-5-6-11-20(19)32-2/h5-6,8-12,14-15H,3-4,7,13,16H2,1-2H3,(H,26,31). The number of aromatic nitrogens is 5. The van der Waals surface area contributed by atoms with Crippen LogP contribution < -0.4 is 10.1 Å². The van der Waals surface area contributed by atoms with Crippen molar-refractivity contribution in [1.82, 2.24) is 30.0 Å². The average Bonchev–Trinajstić information content (AvgIpc) is 3.53. The Bertz CT molecular complexity index is 1230. The molecule has 0 aliphatic heterocycles. The number of pyridine rings is 1. The summed E-state index contributed by atoms with van der Waals surface area (Å²) in [5.74, 6) is 1.82. The summed E-state index contributed by atoms with van der Waals surface area (Å²) in [6.45, 7) is 2.81.